The smallest absolute Gasteiger partial charge is 0.349 e. The molecular weight excluding hydrogens is 375 g/mol. The number of nitrogens with zero attached hydrogens (tertiary/aromatic N) is 2. The zero-order chi connectivity index (χ0) is 19.6. The van der Waals surface area contributed by atoms with Gasteiger partial charge in [-0.1, -0.05) is 18.2 Å². The molecule has 1 aromatic carbocycles. The highest BCUT2D eigenvalue weighted by atomic mass is 32.1. The molecule has 0 radical (unpaired) electrons. The average molecular weight is 393 g/mol. The molecule has 8 heteroatoms. The first-order valence-corrected chi connectivity index (χ1v) is 9.16. The number of aryl methyl sites for hydroxylation is 2. The minimum Gasteiger partial charge on any atom is -0.349 e. The SMILES string of the molecule is Cc1cc(C)n(C(CNC(=O)c2ccccc2C(F)(F)F)c2cccs2)n1. The van der Waals surface area contributed by atoms with E-state index in [0.717, 1.165) is 22.3 Å². The summed E-state index contributed by atoms with van der Waals surface area (Å²) >= 11 is 1.51. The first kappa shape index (κ1) is 19.2. The van der Waals surface area contributed by atoms with E-state index in [9.17, 15) is 18.0 Å². The van der Waals surface area contributed by atoms with Crippen LogP contribution < -0.4 is 5.32 Å². The van der Waals surface area contributed by atoms with E-state index in [1.165, 1.54) is 29.5 Å². The number of carbonyl (C=O) groups excluding carboxylic acids is 1. The van der Waals surface area contributed by atoms with Crippen LogP contribution in [-0.4, -0.2) is 22.2 Å². The zero-order valence-corrected chi connectivity index (χ0v) is 15.6. The summed E-state index contributed by atoms with van der Waals surface area (Å²) in [6, 6.07) is 10.2. The highest BCUT2D eigenvalue weighted by Gasteiger charge is 2.35. The van der Waals surface area contributed by atoms with Crippen molar-refractivity contribution in [3.05, 3.63) is 75.2 Å². The van der Waals surface area contributed by atoms with E-state index in [4.69, 9.17) is 0 Å². The standard InChI is InChI=1S/C19H18F3N3OS/c1-12-10-13(2)25(24-12)16(17-8-5-9-27-17)11-23-18(26)14-6-3-4-7-15(14)19(20,21)22/h3-10,16H,11H2,1-2H3,(H,23,26). The van der Waals surface area contributed by atoms with Crippen molar-refractivity contribution in [3.63, 3.8) is 0 Å². The van der Waals surface area contributed by atoms with Crippen molar-refractivity contribution in [2.24, 2.45) is 0 Å². The lowest BCUT2D eigenvalue weighted by Crippen LogP contribution is -2.33. The molecule has 1 unspecified atom stereocenters. The molecule has 1 atom stereocenters. The second kappa shape index (κ2) is 7.56. The molecular formula is C19H18F3N3OS. The molecule has 2 aromatic heterocycles. The van der Waals surface area contributed by atoms with Gasteiger partial charge in [0.15, 0.2) is 0 Å². The lowest BCUT2D eigenvalue weighted by atomic mass is 10.1. The summed E-state index contributed by atoms with van der Waals surface area (Å²) < 4.78 is 41.3. The second-order valence-electron chi connectivity index (χ2n) is 6.16. The van der Waals surface area contributed by atoms with Crippen LogP contribution in [0, 0.1) is 13.8 Å². The molecule has 3 aromatic rings. The fourth-order valence-electron chi connectivity index (χ4n) is 2.96. The average Bonchev–Trinajstić information content (AvgIpc) is 3.24. The molecule has 0 fully saturated rings. The minimum absolute atomic E-state index is 0.132. The second-order valence-corrected chi connectivity index (χ2v) is 7.14. The molecule has 3 rings (SSSR count). The monoisotopic (exact) mass is 393 g/mol. The molecule has 0 bridgehead atoms. The number of aromatic nitrogens is 2. The van der Waals surface area contributed by atoms with Crippen LogP contribution in [0.2, 0.25) is 0 Å². The number of carbonyl (C=O) groups is 1. The number of amides is 1. The van der Waals surface area contributed by atoms with Crippen LogP contribution in [0.3, 0.4) is 0 Å². The van der Waals surface area contributed by atoms with Gasteiger partial charge in [-0.05, 0) is 43.5 Å². The molecule has 1 amide bonds. The molecule has 142 valence electrons. The van der Waals surface area contributed by atoms with E-state index in [2.05, 4.69) is 10.4 Å². The Morgan fingerprint density at radius 1 is 1.22 bits per heavy atom. The predicted molar refractivity (Wildman–Crippen MR) is 97.9 cm³/mol. The number of nitrogens with one attached hydrogen (secondary N) is 1. The van der Waals surface area contributed by atoms with Crippen molar-refractivity contribution in [2.45, 2.75) is 26.1 Å². The van der Waals surface area contributed by atoms with Gasteiger partial charge in [0, 0.05) is 17.1 Å². The van der Waals surface area contributed by atoms with Gasteiger partial charge in [0.05, 0.1) is 16.8 Å². The molecule has 1 N–H and O–H groups in total. The van der Waals surface area contributed by atoms with Crippen molar-refractivity contribution in [3.8, 4) is 0 Å². The van der Waals surface area contributed by atoms with Gasteiger partial charge in [-0.15, -0.1) is 11.3 Å². The largest absolute Gasteiger partial charge is 0.417 e. The van der Waals surface area contributed by atoms with E-state index in [0.29, 0.717) is 0 Å². The number of thiophene rings is 1. The molecule has 0 spiro atoms. The van der Waals surface area contributed by atoms with Crippen molar-refractivity contribution in [2.75, 3.05) is 6.54 Å². The Morgan fingerprint density at radius 2 is 1.96 bits per heavy atom. The first-order valence-electron chi connectivity index (χ1n) is 8.28. The van der Waals surface area contributed by atoms with Gasteiger partial charge in [-0.3, -0.25) is 9.48 Å². The predicted octanol–water partition coefficient (Wildman–Crippen LogP) is 4.60. The summed E-state index contributed by atoms with van der Waals surface area (Å²) in [4.78, 5) is 13.4. The first-order chi connectivity index (χ1) is 12.8. The van der Waals surface area contributed by atoms with Crippen LogP contribution in [0.15, 0.2) is 47.8 Å². The molecule has 27 heavy (non-hydrogen) atoms. The van der Waals surface area contributed by atoms with E-state index >= 15 is 0 Å². The minimum atomic E-state index is -4.59. The van der Waals surface area contributed by atoms with Crippen LogP contribution in [0.5, 0.6) is 0 Å². The summed E-state index contributed by atoms with van der Waals surface area (Å²) in [5.41, 5.74) is 0.420. The fraction of sp³-hybridized carbons (Fsp3) is 0.263. The molecule has 0 aliphatic carbocycles. The van der Waals surface area contributed by atoms with E-state index in [-0.39, 0.29) is 18.2 Å². The maximum Gasteiger partial charge on any atom is 0.417 e. The normalized spacial score (nSPS) is 12.8. The molecule has 0 saturated heterocycles. The lowest BCUT2D eigenvalue weighted by Gasteiger charge is -2.19. The van der Waals surface area contributed by atoms with Gasteiger partial charge in [0.25, 0.3) is 5.91 Å². The third kappa shape index (κ3) is 4.21. The lowest BCUT2D eigenvalue weighted by molar-refractivity contribution is -0.137. The number of benzene rings is 1. The van der Waals surface area contributed by atoms with Crippen molar-refractivity contribution in [1.82, 2.24) is 15.1 Å². The number of hydrogen-bond donors (Lipinski definition) is 1. The van der Waals surface area contributed by atoms with Gasteiger partial charge < -0.3 is 5.32 Å². The number of rotatable bonds is 5. The molecule has 0 aliphatic heterocycles. The molecule has 0 saturated carbocycles. The van der Waals surface area contributed by atoms with Crippen LogP contribution in [0.25, 0.3) is 0 Å². The Hall–Kier alpha value is -2.61. The highest BCUT2D eigenvalue weighted by Crippen LogP contribution is 2.32. The van der Waals surface area contributed by atoms with Gasteiger partial charge >= 0.3 is 6.18 Å². The zero-order valence-electron chi connectivity index (χ0n) is 14.7. The van der Waals surface area contributed by atoms with Crippen LogP contribution in [0.1, 0.15) is 38.2 Å². The van der Waals surface area contributed by atoms with Crippen molar-refractivity contribution >= 4 is 17.2 Å². The Balaban J connectivity index is 1.85. The third-order valence-electron chi connectivity index (χ3n) is 4.14. The Morgan fingerprint density at radius 3 is 2.56 bits per heavy atom. The van der Waals surface area contributed by atoms with Gasteiger partial charge in [0.2, 0.25) is 0 Å². The number of halogens is 3. The number of alkyl halides is 3. The fourth-order valence-corrected chi connectivity index (χ4v) is 3.77. The Kier molecular flexibility index (Phi) is 5.36. The maximum atomic E-state index is 13.2. The summed E-state index contributed by atoms with van der Waals surface area (Å²) in [6.45, 7) is 3.90. The Bertz CT molecular complexity index is 932. The third-order valence-corrected chi connectivity index (χ3v) is 5.12. The van der Waals surface area contributed by atoms with Gasteiger partial charge in [-0.25, -0.2) is 0 Å². The Labute approximate surface area is 158 Å². The van der Waals surface area contributed by atoms with Gasteiger partial charge in [0.1, 0.15) is 6.04 Å². The maximum absolute atomic E-state index is 13.2. The topological polar surface area (TPSA) is 46.9 Å². The summed E-state index contributed by atoms with van der Waals surface area (Å²) in [5, 5.41) is 9.02. The van der Waals surface area contributed by atoms with E-state index in [1.807, 2.05) is 37.4 Å². The quantitative estimate of drug-likeness (QED) is 0.689. The van der Waals surface area contributed by atoms with Crippen molar-refractivity contribution < 1.29 is 18.0 Å². The van der Waals surface area contributed by atoms with E-state index in [1.54, 1.807) is 4.68 Å². The van der Waals surface area contributed by atoms with Crippen molar-refractivity contribution in [1.29, 1.82) is 0 Å². The summed E-state index contributed by atoms with van der Waals surface area (Å²) in [5.74, 6) is -0.758. The van der Waals surface area contributed by atoms with Crippen LogP contribution >= 0.6 is 11.3 Å². The molecule has 4 nitrogen and oxygen atoms in total. The summed E-state index contributed by atoms with van der Waals surface area (Å²) in [6.07, 6.45) is -4.59. The summed E-state index contributed by atoms with van der Waals surface area (Å²) in [7, 11) is 0. The number of hydrogen-bond acceptors (Lipinski definition) is 3. The van der Waals surface area contributed by atoms with Gasteiger partial charge in [-0.2, -0.15) is 18.3 Å². The van der Waals surface area contributed by atoms with Crippen LogP contribution in [0.4, 0.5) is 13.2 Å². The van der Waals surface area contributed by atoms with Crippen LogP contribution in [-0.2, 0) is 6.18 Å². The molecule has 0 aliphatic rings. The highest BCUT2D eigenvalue weighted by molar-refractivity contribution is 7.10. The van der Waals surface area contributed by atoms with E-state index < -0.39 is 17.6 Å². The molecule has 2 heterocycles.